The van der Waals surface area contributed by atoms with Crippen LogP contribution in [0.15, 0.2) is 0 Å². The number of unbranched alkanes of at least 4 members (excludes halogenated alkanes) is 33. The van der Waals surface area contributed by atoms with E-state index in [4.69, 9.17) is 24.8 Å². The van der Waals surface area contributed by atoms with Crippen LogP contribution >= 0.6 is 7.82 Å². The summed E-state index contributed by atoms with van der Waals surface area (Å²) in [5.41, 5.74) is 5.34. The number of aliphatic carboxylic acids is 1. The summed E-state index contributed by atoms with van der Waals surface area (Å²) in [7, 11) is -4.71. The van der Waals surface area contributed by atoms with Gasteiger partial charge in [-0.15, -0.1) is 0 Å². The van der Waals surface area contributed by atoms with Crippen LogP contribution in [0.5, 0.6) is 0 Å². The summed E-state index contributed by atoms with van der Waals surface area (Å²) in [6, 6.07) is -1.52. The van der Waals surface area contributed by atoms with Crippen LogP contribution in [0.1, 0.15) is 251 Å². The van der Waals surface area contributed by atoms with Gasteiger partial charge < -0.3 is 25.2 Å². The number of carboxylic acids is 1. The fourth-order valence-electron chi connectivity index (χ4n) is 7.24. The number of esters is 2. The second-order valence-electron chi connectivity index (χ2n) is 17.0. The highest BCUT2D eigenvalue weighted by molar-refractivity contribution is 7.47. The first kappa shape index (κ1) is 57.5. The molecule has 11 nitrogen and oxygen atoms in total. The predicted molar refractivity (Wildman–Crippen MR) is 240 cm³/mol. The van der Waals surface area contributed by atoms with E-state index >= 15 is 0 Å². The monoisotopic (exact) mass is 862 g/mol. The lowest BCUT2D eigenvalue weighted by molar-refractivity contribution is -0.161. The van der Waals surface area contributed by atoms with E-state index in [9.17, 15) is 23.8 Å². The molecule has 0 aliphatic rings. The lowest BCUT2D eigenvalue weighted by atomic mass is 10.0. The molecule has 3 unspecified atom stereocenters. The van der Waals surface area contributed by atoms with Crippen LogP contribution in [0, 0.1) is 0 Å². The number of carboxylic acid groups (broad SMARTS) is 1. The number of hydrogen-bond acceptors (Lipinski definition) is 9. The molecule has 0 spiro atoms. The fraction of sp³-hybridized carbons (Fsp3) is 0.936. The molecular weight excluding hydrogens is 769 g/mol. The molecule has 0 heterocycles. The van der Waals surface area contributed by atoms with Crippen molar-refractivity contribution in [2.45, 2.75) is 264 Å². The standard InChI is InChI=1S/C47H92NO10P/c1-3-5-7-9-11-13-15-17-18-19-20-21-22-23-24-25-26-27-29-31-33-35-37-39-46(50)58-43(41-56-59(53,54)57-42-44(48)47(51)52)40-55-45(49)38-36-34-32-30-28-16-14-12-10-8-6-4-2/h43-44H,3-42,48H2,1-2H3,(H,51,52)(H,53,54). The maximum Gasteiger partial charge on any atom is 0.472 e. The largest absolute Gasteiger partial charge is 0.480 e. The second kappa shape index (κ2) is 43.1. The molecule has 4 N–H and O–H groups in total. The molecule has 0 radical (unpaired) electrons. The molecular formula is C47H92NO10P. The first-order valence-electron chi connectivity index (χ1n) is 24.6. The smallest absolute Gasteiger partial charge is 0.472 e. The summed E-state index contributed by atoms with van der Waals surface area (Å²) in [6.07, 6.45) is 43.2. The van der Waals surface area contributed by atoms with Crippen molar-refractivity contribution >= 4 is 25.7 Å². The molecule has 350 valence electrons. The Kier molecular flexibility index (Phi) is 42.0. The first-order valence-corrected chi connectivity index (χ1v) is 26.1. The predicted octanol–water partition coefficient (Wildman–Crippen LogP) is 13.5. The topological polar surface area (TPSA) is 172 Å². The summed E-state index contributed by atoms with van der Waals surface area (Å²) in [6.45, 7) is 2.85. The number of phosphoric ester groups is 1. The first-order chi connectivity index (χ1) is 28.6. The van der Waals surface area contributed by atoms with Crippen molar-refractivity contribution in [3.05, 3.63) is 0 Å². The number of nitrogens with two attached hydrogens (primary N) is 1. The molecule has 0 aromatic rings. The van der Waals surface area contributed by atoms with E-state index in [2.05, 4.69) is 18.4 Å². The van der Waals surface area contributed by atoms with Crippen molar-refractivity contribution < 1.29 is 47.5 Å². The summed E-state index contributed by atoms with van der Waals surface area (Å²) < 4.78 is 32.8. The maximum absolute atomic E-state index is 12.7. The Bertz CT molecular complexity index is 1020. The number of carbonyl (C=O) groups excluding carboxylic acids is 2. The lowest BCUT2D eigenvalue weighted by Gasteiger charge is -2.20. The Balaban J connectivity index is 4.15. The van der Waals surface area contributed by atoms with Gasteiger partial charge in [0, 0.05) is 12.8 Å². The summed E-state index contributed by atoms with van der Waals surface area (Å²) >= 11 is 0. The van der Waals surface area contributed by atoms with E-state index in [1.807, 2.05) is 0 Å². The molecule has 0 amide bonds. The van der Waals surface area contributed by atoms with Gasteiger partial charge in [0.15, 0.2) is 6.10 Å². The van der Waals surface area contributed by atoms with E-state index in [0.717, 1.165) is 38.5 Å². The summed E-state index contributed by atoms with van der Waals surface area (Å²) in [5, 5.41) is 8.90. The Labute approximate surface area is 361 Å². The highest BCUT2D eigenvalue weighted by Crippen LogP contribution is 2.43. The third-order valence-electron chi connectivity index (χ3n) is 11.1. The van der Waals surface area contributed by atoms with E-state index in [1.54, 1.807) is 0 Å². The van der Waals surface area contributed by atoms with Crippen LogP contribution in [0.3, 0.4) is 0 Å². The molecule has 3 atom stereocenters. The lowest BCUT2D eigenvalue weighted by Crippen LogP contribution is -2.34. The third kappa shape index (κ3) is 42.9. The Morgan fingerprint density at radius 2 is 0.746 bits per heavy atom. The summed E-state index contributed by atoms with van der Waals surface area (Å²) in [4.78, 5) is 46.0. The number of ether oxygens (including phenoxy) is 2. The minimum atomic E-state index is -4.71. The van der Waals surface area contributed by atoms with E-state index in [-0.39, 0.29) is 19.4 Å². The Hall–Kier alpha value is -1.52. The SMILES string of the molecule is CCCCCCCCCCCCCCCCCCCCCCCCCC(=O)OC(COC(=O)CCCCCCCCCCCCCC)COP(=O)(O)OCC(N)C(=O)O. The number of phosphoric acid groups is 1. The minimum Gasteiger partial charge on any atom is -0.480 e. The van der Waals surface area contributed by atoms with Gasteiger partial charge in [0.1, 0.15) is 12.6 Å². The fourth-order valence-corrected chi connectivity index (χ4v) is 8.02. The zero-order valence-electron chi connectivity index (χ0n) is 38.1. The van der Waals surface area contributed by atoms with Gasteiger partial charge in [-0.05, 0) is 12.8 Å². The van der Waals surface area contributed by atoms with E-state index in [0.29, 0.717) is 12.8 Å². The molecule has 0 aliphatic heterocycles. The van der Waals surface area contributed by atoms with Gasteiger partial charge in [-0.3, -0.25) is 23.4 Å². The normalized spacial score (nSPS) is 13.6. The van der Waals surface area contributed by atoms with Gasteiger partial charge in [0.05, 0.1) is 13.2 Å². The van der Waals surface area contributed by atoms with E-state index in [1.165, 1.54) is 173 Å². The average Bonchev–Trinajstić information content (AvgIpc) is 3.21. The van der Waals surface area contributed by atoms with Crippen LogP contribution in [0.4, 0.5) is 0 Å². The molecule has 0 saturated heterocycles. The van der Waals surface area contributed by atoms with Gasteiger partial charge in [0.2, 0.25) is 0 Å². The molecule has 0 aromatic heterocycles. The van der Waals surface area contributed by atoms with Crippen LogP contribution in [0.25, 0.3) is 0 Å². The zero-order chi connectivity index (χ0) is 43.5. The quantitative estimate of drug-likeness (QED) is 0.0302. The van der Waals surface area contributed by atoms with Crippen molar-refractivity contribution in [3.8, 4) is 0 Å². The summed E-state index contributed by atoms with van der Waals surface area (Å²) in [5.74, 6) is -2.35. The number of hydrogen-bond donors (Lipinski definition) is 3. The van der Waals surface area contributed by atoms with E-state index < -0.39 is 51.1 Å². The zero-order valence-corrected chi connectivity index (χ0v) is 39.0. The van der Waals surface area contributed by atoms with Crippen molar-refractivity contribution in [1.82, 2.24) is 0 Å². The van der Waals surface area contributed by atoms with Crippen LogP contribution in [-0.4, -0.2) is 59.9 Å². The van der Waals surface area contributed by atoms with Gasteiger partial charge in [-0.1, -0.05) is 226 Å². The second-order valence-corrected chi connectivity index (χ2v) is 18.4. The molecule has 0 rings (SSSR count). The van der Waals surface area contributed by atoms with Gasteiger partial charge >= 0.3 is 25.7 Å². The molecule has 12 heteroatoms. The van der Waals surface area contributed by atoms with Crippen LogP contribution in [0.2, 0.25) is 0 Å². The van der Waals surface area contributed by atoms with Crippen molar-refractivity contribution in [2.24, 2.45) is 5.73 Å². The average molecular weight is 862 g/mol. The highest BCUT2D eigenvalue weighted by Gasteiger charge is 2.28. The molecule has 59 heavy (non-hydrogen) atoms. The highest BCUT2D eigenvalue weighted by atomic mass is 31.2. The van der Waals surface area contributed by atoms with Gasteiger partial charge in [-0.2, -0.15) is 0 Å². The number of rotatable bonds is 47. The Morgan fingerprint density at radius 3 is 1.07 bits per heavy atom. The van der Waals surface area contributed by atoms with Gasteiger partial charge in [0.25, 0.3) is 0 Å². The van der Waals surface area contributed by atoms with Gasteiger partial charge in [-0.25, -0.2) is 4.57 Å². The van der Waals surface area contributed by atoms with Crippen molar-refractivity contribution in [1.29, 1.82) is 0 Å². The number of carbonyl (C=O) groups is 3. The van der Waals surface area contributed by atoms with Crippen molar-refractivity contribution in [2.75, 3.05) is 19.8 Å². The molecule has 0 aliphatic carbocycles. The molecule has 0 fully saturated rings. The molecule has 0 saturated carbocycles. The molecule has 0 aromatic carbocycles. The van der Waals surface area contributed by atoms with Crippen LogP contribution < -0.4 is 5.73 Å². The van der Waals surface area contributed by atoms with Crippen molar-refractivity contribution in [3.63, 3.8) is 0 Å². The Morgan fingerprint density at radius 1 is 0.458 bits per heavy atom. The third-order valence-corrected chi connectivity index (χ3v) is 12.1. The minimum absolute atomic E-state index is 0.170. The van der Waals surface area contributed by atoms with Crippen LogP contribution in [-0.2, 0) is 37.5 Å². The maximum atomic E-state index is 12.7. The molecule has 0 bridgehead atoms.